The quantitative estimate of drug-likeness (QED) is 0.270. The van der Waals surface area contributed by atoms with Crippen molar-refractivity contribution in [2.24, 2.45) is 17.8 Å². The summed E-state index contributed by atoms with van der Waals surface area (Å²) in [5.41, 5.74) is 0.280. The zero-order valence-electron chi connectivity index (χ0n) is 16.0. The highest BCUT2D eigenvalue weighted by Gasteiger charge is 2.44. The number of carbonyl (C=O) groups is 3. The van der Waals surface area contributed by atoms with Crippen molar-refractivity contribution in [2.45, 2.75) is 19.8 Å². The first-order valence-corrected chi connectivity index (χ1v) is 8.82. The maximum absolute atomic E-state index is 12.3. The average molecular weight is 393 g/mol. The SMILES string of the molecule is COc1ccc(C(=O)COC(=O)C[C@H]2C(=O)C[C@H](C)[C@H]2C[N+](=O)[O-])cc1OC. The fourth-order valence-electron chi connectivity index (χ4n) is 3.48. The molecule has 152 valence electrons. The van der Waals surface area contributed by atoms with E-state index in [4.69, 9.17) is 14.2 Å². The van der Waals surface area contributed by atoms with Crippen molar-refractivity contribution in [1.82, 2.24) is 0 Å². The molecule has 0 aliphatic heterocycles. The van der Waals surface area contributed by atoms with Gasteiger partial charge in [0.1, 0.15) is 5.78 Å². The molecule has 0 spiro atoms. The number of nitro groups is 1. The monoisotopic (exact) mass is 393 g/mol. The standard InChI is InChI=1S/C19H23NO8/c1-11-6-15(21)13(14(11)9-20(24)25)8-19(23)28-10-16(22)12-4-5-17(26-2)18(7-12)27-3/h4-5,7,11,13-14H,6,8-10H2,1-3H3/t11-,13+,14+/m0/s1. The van der Waals surface area contributed by atoms with Crippen molar-refractivity contribution in [1.29, 1.82) is 0 Å². The van der Waals surface area contributed by atoms with Crippen LogP contribution in [0.25, 0.3) is 0 Å². The molecule has 1 fully saturated rings. The Kier molecular flexibility index (Phi) is 7.08. The molecule has 1 aromatic carbocycles. The van der Waals surface area contributed by atoms with E-state index in [2.05, 4.69) is 0 Å². The lowest BCUT2D eigenvalue weighted by atomic mass is 9.88. The van der Waals surface area contributed by atoms with E-state index in [-0.39, 0.29) is 36.7 Å². The lowest BCUT2D eigenvalue weighted by Gasteiger charge is -2.17. The summed E-state index contributed by atoms with van der Waals surface area (Å²) < 4.78 is 15.2. The molecule has 0 aromatic heterocycles. The van der Waals surface area contributed by atoms with Crippen molar-refractivity contribution in [2.75, 3.05) is 27.4 Å². The van der Waals surface area contributed by atoms with Crippen LogP contribution in [0.15, 0.2) is 18.2 Å². The summed E-state index contributed by atoms with van der Waals surface area (Å²) in [5, 5.41) is 10.8. The first-order chi connectivity index (χ1) is 13.3. The van der Waals surface area contributed by atoms with Crippen LogP contribution in [0.3, 0.4) is 0 Å². The van der Waals surface area contributed by atoms with Crippen LogP contribution in [-0.2, 0) is 14.3 Å². The molecule has 3 atom stereocenters. The largest absolute Gasteiger partial charge is 0.493 e. The summed E-state index contributed by atoms with van der Waals surface area (Å²) in [6.45, 7) is 0.901. The van der Waals surface area contributed by atoms with Gasteiger partial charge in [-0.05, 0) is 24.1 Å². The molecule has 0 bridgehead atoms. The van der Waals surface area contributed by atoms with Gasteiger partial charge >= 0.3 is 5.97 Å². The Morgan fingerprint density at radius 3 is 2.50 bits per heavy atom. The summed E-state index contributed by atoms with van der Waals surface area (Å²) in [6.07, 6.45) is -0.0537. The van der Waals surface area contributed by atoms with Crippen molar-refractivity contribution < 1.29 is 33.5 Å². The molecule has 0 heterocycles. The van der Waals surface area contributed by atoms with Crippen LogP contribution in [0.5, 0.6) is 11.5 Å². The number of ketones is 2. The smallest absolute Gasteiger partial charge is 0.306 e. The lowest BCUT2D eigenvalue weighted by molar-refractivity contribution is -0.490. The van der Waals surface area contributed by atoms with Crippen molar-refractivity contribution in [3.05, 3.63) is 33.9 Å². The third-order valence-corrected chi connectivity index (χ3v) is 5.00. The molecule has 0 unspecified atom stereocenters. The minimum atomic E-state index is -0.746. The van der Waals surface area contributed by atoms with E-state index >= 15 is 0 Å². The van der Waals surface area contributed by atoms with Gasteiger partial charge in [0.2, 0.25) is 6.54 Å². The molecule has 9 heteroatoms. The Morgan fingerprint density at radius 2 is 1.89 bits per heavy atom. The Balaban J connectivity index is 1.95. The second kappa shape index (κ2) is 9.29. The average Bonchev–Trinajstić information content (AvgIpc) is 2.91. The van der Waals surface area contributed by atoms with E-state index in [9.17, 15) is 24.5 Å². The Morgan fingerprint density at radius 1 is 1.21 bits per heavy atom. The fraction of sp³-hybridized carbons (Fsp3) is 0.526. The van der Waals surface area contributed by atoms with Crippen molar-refractivity contribution >= 4 is 17.5 Å². The number of nitrogens with zero attached hydrogens (tertiary/aromatic N) is 1. The molecule has 0 N–H and O–H groups in total. The number of Topliss-reactive ketones (excluding diaryl/α,β-unsaturated/α-hetero) is 2. The number of methoxy groups -OCH3 is 2. The molecule has 2 rings (SSSR count). The minimum absolute atomic E-state index is 0.163. The summed E-state index contributed by atoms with van der Waals surface area (Å²) in [5.74, 6) is -1.93. The number of hydrogen-bond acceptors (Lipinski definition) is 8. The Labute approximate surface area is 162 Å². The normalized spacial score (nSPS) is 21.2. The summed E-state index contributed by atoms with van der Waals surface area (Å²) in [6, 6.07) is 4.56. The van der Waals surface area contributed by atoms with Gasteiger partial charge in [0.25, 0.3) is 0 Å². The van der Waals surface area contributed by atoms with Gasteiger partial charge in [-0.25, -0.2) is 0 Å². The van der Waals surface area contributed by atoms with Crippen LogP contribution >= 0.6 is 0 Å². The number of carbonyl (C=O) groups excluding carboxylic acids is 3. The van der Waals surface area contributed by atoms with Gasteiger partial charge in [0.05, 0.1) is 20.6 Å². The summed E-state index contributed by atoms with van der Waals surface area (Å²) in [4.78, 5) is 46.8. The van der Waals surface area contributed by atoms with Crippen LogP contribution < -0.4 is 9.47 Å². The molecule has 1 saturated carbocycles. The highest BCUT2D eigenvalue weighted by atomic mass is 16.6. The number of hydrogen-bond donors (Lipinski definition) is 0. The maximum atomic E-state index is 12.3. The molecule has 28 heavy (non-hydrogen) atoms. The third-order valence-electron chi connectivity index (χ3n) is 5.00. The number of esters is 1. The van der Waals surface area contributed by atoms with Gasteiger partial charge in [-0.1, -0.05) is 6.92 Å². The van der Waals surface area contributed by atoms with Crippen LogP contribution in [0.2, 0.25) is 0 Å². The number of benzene rings is 1. The van der Waals surface area contributed by atoms with Crippen LogP contribution in [0.4, 0.5) is 0 Å². The molecule has 9 nitrogen and oxygen atoms in total. The van der Waals surface area contributed by atoms with E-state index in [1.54, 1.807) is 13.0 Å². The second-order valence-electron chi connectivity index (χ2n) is 6.79. The fourth-order valence-corrected chi connectivity index (χ4v) is 3.48. The maximum Gasteiger partial charge on any atom is 0.306 e. The van der Waals surface area contributed by atoms with E-state index in [1.807, 2.05) is 0 Å². The first kappa shape index (κ1) is 21.3. The summed E-state index contributed by atoms with van der Waals surface area (Å²) in [7, 11) is 2.91. The Bertz CT molecular complexity index is 775. The van der Waals surface area contributed by atoms with Gasteiger partial charge in [0.15, 0.2) is 23.9 Å². The third kappa shape index (κ3) is 5.05. The van der Waals surface area contributed by atoms with Gasteiger partial charge in [0, 0.05) is 28.7 Å². The lowest BCUT2D eigenvalue weighted by Crippen LogP contribution is -2.28. The van der Waals surface area contributed by atoms with Crippen molar-refractivity contribution in [3.8, 4) is 11.5 Å². The highest BCUT2D eigenvalue weighted by molar-refractivity contribution is 5.98. The number of rotatable bonds is 9. The predicted molar refractivity (Wildman–Crippen MR) is 97.1 cm³/mol. The van der Waals surface area contributed by atoms with Crippen LogP contribution in [0.1, 0.15) is 30.1 Å². The molecule has 1 aromatic rings. The van der Waals surface area contributed by atoms with E-state index < -0.39 is 35.1 Å². The molecule has 0 radical (unpaired) electrons. The van der Waals surface area contributed by atoms with Crippen LogP contribution in [0, 0.1) is 27.9 Å². The molecule has 0 amide bonds. The van der Waals surface area contributed by atoms with E-state index in [1.165, 1.54) is 26.4 Å². The molecule has 1 aliphatic rings. The highest BCUT2D eigenvalue weighted by Crippen LogP contribution is 2.36. The molecular weight excluding hydrogens is 370 g/mol. The van der Waals surface area contributed by atoms with Gasteiger partial charge in [-0.3, -0.25) is 24.5 Å². The first-order valence-electron chi connectivity index (χ1n) is 8.82. The topological polar surface area (TPSA) is 122 Å². The second-order valence-corrected chi connectivity index (χ2v) is 6.79. The van der Waals surface area contributed by atoms with Crippen LogP contribution in [-0.4, -0.2) is 49.8 Å². The zero-order valence-corrected chi connectivity index (χ0v) is 16.0. The molecule has 0 saturated heterocycles. The van der Waals surface area contributed by atoms with E-state index in [0.29, 0.717) is 11.5 Å². The van der Waals surface area contributed by atoms with Gasteiger partial charge < -0.3 is 14.2 Å². The number of ether oxygens (including phenoxy) is 3. The van der Waals surface area contributed by atoms with Gasteiger partial charge in [-0.15, -0.1) is 0 Å². The van der Waals surface area contributed by atoms with Crippen molar-refractivity contribution in [3.63, 3.8) is 0 Å². The predicted octanol–water partition coefficient (Wildman–Crippen LogP) is 1.94. The Hall–Kier alpha value is -2.97. The zero-order chi connectivity index (χ0) is 20.8. The molecular formula is C19H23NO8. The summed E-state index contributed by atoms with van der Waals surface area (Å²) >= 11 is 0. The van der Waals surface area contributed by atoms with E-state index in [0.717, 1.165) is 0 Å². The molecule has 1 aliphatic carbocycles. The van der Waals surface area contributed by atoms with Gasteiger partial charge in [-0.2, -0.15) is 0 Å². The minimum Gasteiger partial charge on any atom is -0.493 e.